The van der Waals surface area contributed by atoms with E-state index in [1.165, 1.54) is 5.56 Å². The van der Waals surface area contributed by atoms with Gasteiger partial charge in [-0.15, -0.1) is 0 Å². The molecule has 0 aromatic heterocycles. The molecule has 2 aliphatic rings. The molecule has 1 fully saturated rings. The average molecular weight is 361 g/mol. The number of hydrogen-bond donors (Lipinski definition) is 0. The van der Waals surface area contributed by atoms with Crippen molar-refractivity contribution in [3.05, 3.63) is 23.8 Å². The van der Waals surface area contributed by atoms with E-state index in [0.717, 1.165) is 70.2 Å². The summed E-state index contributed by atoms with van der Waals surface area (Å²) in [6.45, 7) is 11.6. The van der Waals surface area contributed by atoms with E-state index in [-0.39, 0.29) is 5.91 Å². The molecule has 2 heterocycles. The van der Waals surface area contributed by atoms with E-state index in [0.29, 0.717) is 13.3 Å². The van der Waals surface area contributed by atoms with Gasteiger partial charge in [-0.2, -0.15) is 0 Å². The van der Waals surface area contributed by atoms with Gasteiger partial charge < -0.3 is 14.4 Å². The van der Waals surface area contributed by atoms with E-state index in [1.54, 1.807) is 0 Å². The van der Waals surface area contributed by atoms with E-state index in [2.05, 4.69) is 35.8 Å². The summed E-state index contributed by atoms with van der Waals surface area (Å²) in [6, 6.07) is 6.14. The maximum atomic E-state index is 12.6. The topological polar surface area (TPSA) is 45.3 Å². The predicted molar refractivity (Wildman–Crippen MR) is 101 cm³/mol. The summed E-state index contributed by atoms with van der Waals surface area (Å²) in [5, 5.41) is 0. The summed E-state index contributed by atoms with van der Waals surface area (Å²) in [4.78, 5) is 19.3. The van der Waals surface area contributed by atoms with Crippen LogP contribution in [0.25, 0.3) is 0 Å². The lowest BCUT2D eigenvalue weighted by Gasteiger charge is -2.36. The summed E-state index contributed by atoms with van der Waals surface area (Å²) in [7, 11) is 0. The van der Waals surface area contributed by atoms with Crippen molar-refractivity contribution in [2.24, 2.45) is 0 Å². The lowest BCUT2D eigenvalue weighted by molar-refractivity contribution is -0.134. The molecule has 1 aromatic rings. The second kappa shape index (κ2) is 9.24. The molecule has 26 heavy (non-hydrogen) atoms. The molecule has 0 N–H and O–H groups in total. The van der Waals surface area contributed by atoms with E-state index < -0.39 is 0 Å². The van der Waals surface area contributed by atoms with Crippen LogP contribution in [0, 0.1) is 0 Å². The average Bonchev–Trinajstić information content (AvgIpc) is 3.10. The van der Waals surface area contributed by atoms with Crippen LogP contribution in [0.15, 0.2) is 18.2 Å². The zero-order chi connectivity index (χ0) is 18.4. The van der Waals surface area contributed by atoms with Crippen molar-refractivity contribution in [1.29, 1.82) is 0 Å². The number of piperazine rings is 1. The first kappa shape index (κ1) is 19.0. The first-order valence-corrected chi connectivity index (χ1v) is 9.80. The fraction of sp³-hybridized carbons (Fsp3) is 0.650. The molecule has 0 unspecified atom stereocenters. The number of hydrogen-bond acceptors (Lipinski definition) is 5. The number of amides is 1. The first-order valence-electron chi connectivity index (χ1n) is 9.80. The number of carbonyl (C=O) groups is 1. The minimum absolute atomic E-state index is 0.273. The van der Waals surface area contributed by atoms with Gasteiger partial charge in [0.1, 0.15) is 0 Å². The Bertz CT molecular complexity index is 594. The lowest BCUT2D eigenvalue weighted by atomic mass is 10.1. The largest absolute Gasteiger partial charge is 0.454 e. The number of ether oxygens (including phenoxy) is 2. The van der Waals surface area contributed by atoms with Gasteiger partial charge in [0.15, 0.2) is 11.5 Å². The zero-order valence-corrected chi connectivity index (χ0v) is 16.1. The number of nitrogens with zero attached hydrogens (tertiary/aromatic N) is 3. The van der Waals surface area contributed by atoms with Crippen LogP contribution in [0.1, 0.15) is 32.3 Å². The second-order valence-electron chi connectivity index (χ2n) is 7.12. The molecule has 2 aliphatic heterocycles. The van der Waals surface area contributed by atoms with Crippen LogP contribution in [0.3, 0.4) is 0 Å². The smallest absolute Gasteiger partial charge is 0.236 e. The fourth-order valence-electron chi connectivity index (χ4n) is 3.65. The summed E-state index contributed by atoms with van der Waals surface area (Å²) in [5.74, 6) is 1.94. The molecular formula is C20H31N3O3. The van der Waals surface area contributed by atoms with Crippen molar-refractivity contribution in [2.75, 3.05) is 52.6 Å². The number of rotatable bonds is 8. The van der Waals surface area contributed by atoms with Gasteiger partial charge in [-0.05, 0) is 43.6 Å². The first-order chi connectivity index (χ1) is 12.7. The third kappa shape index (κ3) is 4.89. The van der Waals surface area contributed by atoms with E-state index in [9.17, 15) is 4.79 Å². The maximum absolute atomic E-state index is 12.6. The minimum Gasteiger partial charge on any atom is -0.454 e. The van der Waals surface area contributed by atoms with Gasteiger partial charge in [-0.3, -0.25) is 14.6 Å². The maximum Gasteiger partial charge on any atom is 0.236 e. The van der Waals surface area contributed by atoms with Crippen LogP contribution in [-0.4, -0.2) is 73.2 Å². The molecule has 144 valence electrons. The van der Waals surface area contributed by atoms with Crippen LogP contribution < -0.4 is 9.47 Å². The zero-order valence-electron chi connectivity index (χ0n) is 16.1. The van der Waals surface area contributed by atoms with Crippen molar-refractivity contribution in [2.45, 2.75) is 33.2 Å². The highest BCUT2D eigenvalue weighted by molar-refractivity contribution is 5.78. The molecule has 6 heteroatoms. The highest BCUT2D eigenvalue weighted by Crippen LogP contribution is 2.32. The van der Waals surface area contributed by atoms with Gasteiger partial charge in [-0.25, -0.2) is 0 Å². The molecule has 0 bridgehead atoms. The van der Waals surface area contributed by atoms with Crippen molar-refractivity contribution >= 4 is 5.91 Å². The Labute approximate surface area is 156 Å². The van der Waals surface area contributed by atoms with E-state index >= 15 is 0 Å². The summed E-state index contributed by atoms with van der Waals surface area (Å²) < 4.78 is 10.8. The molecule has 0 spiro atoms. The van der Waals surface area contributed by atoms with Crippen LogP contribution in [-0.2, 0) is 11.3 Å². The summed E-state index contributed by atoms with van der Waals surface area (Å²) in [6.07, 6.45) is 2.19. The highest BCUT2D eigenvalue weighted by Gasteiger charge is 2.23. The standard InChI is InChI=1S/C20H31N3O3/c1-3-7-21(8-4-2)15-20(24)23-11-9-22(10-12-23)14-17-5-6-18-19(13-17)26-16-25-18/h5-6,13H,3-4,7-12,14-16H2,1-2H3. The van der Waals surface area contributed by atoms with Gasteiger partial charge in [0.2, 0.25) is 12.7 Å². The Morgan fingerprint density at radius 2 is 1.73 bits per heavy atom. The van der Waals surface area contributed by atoms with Gasteiger partial charge in [0.25, 0.3) is 0 Å². The van der Waals surface area contributed by atoms with Crippen LogP contribution >= 0.6 is 0 Å². The van der Waals surface area contributed by atoms with Crippen LogP contribution in [0.5, 0.6) is 11.5 Å². The van der Waals surface area contributed by atoms with Crippen LogP contribution in [0.2, 0.25) is 0 Å². The SMILES string of the molecule is CCCN(CCC)CC(=O)N1CCN(Cc2ccc3c(c2)OCO3)CC1. The second-order valence-corrected chi connectivity index (χ2v) is 7.12. The summed E-state index contributed by atoms with van der Waals surface area (Å²) >= 11 is 0. The summed E-state index contributed by atoms with van der Waals surface area (Å²) in [5.41, 5.74) is 1.23. The predicted octanol–water partition coefficient (Wildman–Crippen LogP) is 2.18. The number of fused-ring (bicyclic) bond motifs is 1. The normalized spacial score (nSPS) is 17.1. The molecule has 6 nitrogen and oxygen atoms in total. The minimum atomic E-state index is 0.273. The Hall–Kier alpha value is -1.79. The van der Waals surface area contributed by atoms with Crippen molar-refractivity contribution in [3.63, 3.8) is 0 Å². The lowest BCUT2D eigenvalue weighted by Crippen LogP contribution is -2.51. The molecule has 1 aromatic carbocycles. The Kier molecular flexibility index (Phi) is 6.74. The number of carbonyl (C=O) groups excluding carboxylic acids is 1. The molecule has 0 saturated carbocycles. The van der Waals surface area contributed by atoms with Crippen molar-refractivity contribution in [1.82, 2.24) is 14.7 Å². The third-order valence-electron chi connectivity index (χ3n) is 5.01. The Morgan fingerprint density at radius 1 is 1.04 bits per heavy atom. The van der Waals surface area contributed by atoms with Crippen molar-refractivity contribution < 1.29 is 14.3 Å². The molecule has 3 rings (SSSR count). The molecule has 1 saturated heterocycles. The fourth-order valence-corrected chi connectivity index (χ4v) is 3.65. The van der Waals surface area contributed by atoms with Crippen molar-refractivity contribution in [3.8, 4) is 11.5 Å². The molecule has 0 aliphatic carbocycles. The molecular weight excluding hydrogens is 330 g/mol. The molecule has 0 atom stereocenters. The van der Waals surface area contributed by atoms with Gasteiger partial charge in [0.05, 0.1) is 6.54 Å². The Morgan fingerprint density at radius 3 is 2.42 bits per heavy atom. The monoisotopic (exact) mass is 361 g/mol. The third-order valence-corrected chi connectivity index (χ3v) is 5.01. The number of benzene rings is 1. The highest BCUT2D eigenvalue weighted by atomic mass is 16.7. The molecule has 1 amide bonds. The van der Waals surface area contributed by atoms with E-state index in [4.69, 9.17) is 9.47 Å². The van der Waals surface area contributed by atoms with Gasteiger partial charge in [0, 0.05) is 32.7 Å². The Balaban J connectivity index is 1.45. The van der Waals surface area contributed by atoms with Crippen LogP contribution in [0.4, 0.5) is 0 Å². The van der Waals surface area contributed by atoms with Gasteiger partial charge in [-0.1, -0.05) is 19.9 Å². The van der Waals surface area contributed by atoms with E-state index in [1.807, 2.05) is 11.0 Å². The quantitative estimate of drug-likeness (QED) is 0.710. The molecule has 0 radical (unpaired) electrons. The van der Waals surface area contributed by atoms with Gasteiger partial charge >= 0.3 is 0 Å².